The van der Waals surface area contributed by atoms with Crippen molar-refractivity contribution in [2.24, 2.45) is 17.8 Å². The van der Waals surface area contributed by atoms with Crippen LogP contribution in [-0.2, 0) is 19.1 Å². The fourth-order valence-corrected chi connectivity index (χ4v) is 4.61. The first-order chi connectivity index (χ1) is 12.1. The van der Waals surface area contributed by atoms with Crippen molar-refractivity contribution in [3.8, 4) is 0 Å². The summed E-state index contributed by atoms with van der Waals surface area (Å²) in [5.74, 6) is -0.000915. The zero-order valence-corrected chi connectivity index (χ0v) is 14.9. The molecule has 25 heavy (non-hydrogen) atoms. The first-order valence-corrected chi connectivity index (χ1v) is 9.49. The number of amides is 2. The van der Waals surface area contributed by atoms with Gasteiger partial charge < -0.3 is 20.7 Å². The van der Waals surface area contributed by atoms with Crippen molar-refractivity contribution < 1.29 is 19.1 Å². The minimum absolute atomic E-state index is 0.0410. The summed E-state index contributed by atoms with van der Waals surface area (Å²) in [5, 5.41) is 9.01. The molecular weight excluding hydrogens is 322 g/mol. The Morgan fingerprint density at radius 3 is 2.80 bits per heavy atom. The van der Waals surface area contributed by atoms with Crippen LogP contribution in [0.25, 0.3) is 0 Å². The van der Waals surface area contributed by atoms with E-state index in [1.165, 1.54) is 20.0 Å². The summed E-state index contributed by atoms with van der Waals surface area (Å²) in [7, 11) is 1.31. The number of methoxy groups -OCH3 is 1. The van der Waals surface area contributed by atoms with E-state index in [0.717, 1.165) is 32.2 Å². The van der Waals surface area contributed by atoms with Crippen molar-refractivity contribution in [1.29, 1.82) is 0 Å². The highest BCUT2D eigenvalue weighted by Gasteiger charge is 2.42. The Morgan fingerprint density at radius 2 is 2.04 bits per heavy atom. The molecule has 0 bridgehead atoms. The highest BCUT2D eigenvalue weighted by atomic mass is 16.5. The third kappa shape index (κ3) is 4.14. The van der Waals surface area contributed by atoms with Crippen molar-refractivity contribution in [2.75, 3.05) is 20.2 Å². The van der Waals surface area contributed by atoms with Crippen LogP contribution < -0.4 is 16.0 Å². The molecule has 1 saturated carbocycles. The third-order valence-corrected chi connectivity index (χ3v) is 6.00. The summed E-state index contributed by atoms with van der Waals surface area (Å²) in [6.45, 7) is 1.55. The molecule has 3 N–H and O–H groups in total. The van der Waals surface area contributed by atoms with Crippen LogP contribution in [0.5, 0.6) is 0 Å². The van der Waals surface area contributed by atoms with Gasteiger partial charge in [-0.2, -0.15) is 0 Å². The van der Waals surface area contributed by atoms with E-state index in [9.17, 15) is 14.4 Å². The van der Waals surface area contributed by atoms with Crippen LogP contribution >= 0.6 is 0 Å². The first kappa shape index (κ1) is 18.2. The summed E-state index contributed by atoms with van der Waals surface area (Å²) in [6.07, 6.45) is 6.56. The van der Waals surface area contributed by atoms with E-state index >= 15 is 0 Å². The minimum Gasteiger partial charge on any atom is -0.467 e. The molecule has 1 aliphatic carbocycles. The van der Waals surface area contributed by atoms with Gasteiger partial charge >= 0.3 is 5.97 Å². The van der Waals surface area contributed by atoms with E-state index in [0.29, 0.717) is 24.8 Å². The lowest BCUT2D eigenvalue weighted by Gasteiger charge is -2.29. The second kappa shape index (κ2) is 8.17. The number of carbonyl (C=O) groups is 3. The minimum atomic E-state index is -0.768. The third-order valence-electron chi connectivity index (χ3n) is 6.00. The zero-order chi connectivity index (χ0) is 17.8. The Hall–Kier alpha value is -1.63. The molecule has 2 heterocycles. The number of fused-ring (bicyclic) bond motifs is 1. The van der Waals surface area contributed by atoms with Gasteiger partial charge in [0.05, 0.1) is 13.2 Å². The van der Waals surface area contributed by atoms with Gasteiger partial charge in [0.25, 0.3) is 0 Å². The average molecular weight is 351 g/mol. The number of rotatable bonds is 5. The monoisotopic (exact) mass is 351 g/mol. The molecule has 1 unspecified atom stereocenters. The molecule has 140 valence electrons. The van der Waals surface area contributed by atoms with Gasteiger partial charge in [0.2, 0.25) is 11.8 Å². The molecule has 7 nitrogen and oxygen atoms in total. The van der Waals surface area contributed by atoms with Crippen LogP contribution in [0, 0.1) is 17.8 Å². The quantitative estimate of drug-likeness (QED) is 0.621. The largest absolute Gasteiger partial charge is 0.467 e. The fraction of sp³-hybridized carbons (Fsp3) is 0.833. The molecular formula is C18H29N3O4. The summed E-state index contributed by atoms with van der Waals surface area (Å²) >= 11 is 0. The number of esters is 1. The number of ether oxygens (including phenoxy) is 1. The van der Waals surface area contributed by atoms with Crippen LogP contribution in [0.4, 0.5) is 0 Å². The molecule has 3 rings (SSSR count). The Kier molecular flexibility index (Phi) is 5.93. The predicted octanol–water partition coefficient (Wildman–Crippen LogP) is 0.339. The van der Waals surface area contributed by atoms with Gasteiger partial charge in [-0.1, -0.05) is 12.8 Å². The summed E-state index contributed by atoms with van der Waals surface area (Å²) in [6, 6.07) is -1.01. The maximum atomic E-state index is 12.8. The predicted molar refractivity (Wildman–Crippen MR) is 91.5 cm³/mol. The Morgan fingerprint density at radius 1 is 1.24 bits per heavy atom. The van der Waals surface area contributed by atoms with E-state index < -0.39 is 12.0 Å². The summed E-state index contributed by atoms with van der Waals surface area (Å²) in [4.78, 5) is 36.9. The van der Waals surface area contributed by atoms with E-state index in [4.69, 9.17) is 4.74 Å². The Labute approximate surface area is 148 Å². The molecule has 2 amide bonds. The molecule has 3 fully saturated rings. The normalized spacial score (nSPS) is 33.1. The van der Waals surface area contributed by atoms with Crippen molar-refractivity contribution in [2.45, 2.75) is 57.0 Å². The van der Waals surface area contributed by atoms with Crippen LogP contribution in [0.1, 0.15) is 44.9 Å². The van der Waals surface area contributed by atoms with E-state index in [-0.39, 0.29) is 23.8 Å². The molecule has 0 aromatic carbocycles. The average Bonchev–Trinajstić information content (AvgIpc) is 3.06. The maximum Gasteiger partial charge on any atom is 0.328 e. The molecule has 0 spiro atoms. The van der Waals surface area contributed by atoms with Crippen LogP contribution in [0.3, 0.4) is 0 Å². The lowest BCUT2D eigenvalue weighted by Crippen LogP contribution is -2.52. The van der Waals surface area contributed by atoms with E-state index in [2.05, 4.69) is 16.0 Å². The number of hydrogen-bond donors (Lipinski definition) is 3. The maximum absolute atomic E-state index is 12.8. The summed E-state index contributed by atoms with van der Waals surface area (Å²) in [5.41, 5.74) is 0. The molecule has 0 aromatic heterocycles. The van der Waals surface area contributed by atoms with Gasteiger partial charge in [-0.05, 0) is 50.5 Å². The Bertz CT molecular complexity index is 524. The number of carbonyl (C=O) groups excluding carboxylic acids is 3. The van der Waals surface area contributed by atoms with Gasteiger partial charge in [0, 0.05) is 12.5 Å². The second-order valence-electron chi connectivity index (χ2n) is 7.54. The van der Waals surface area contributed by atoms with Crippen molar-refractivity contribution in [3.63, 3.8) is 0 Å². The van der Waals surface area contributed by atoms with Crippen LogP contribution in [0.2, 0.25) is 0 Å². The van der Waals surface area contributed by atoms with Crippen LogP contribution in [-0.4, -0.2) is 50.1 Å². The SMILES string of the molecule is COC(=O)C(C[C@@H]1CCCNC1=O)NC(=O)[C@H]1NC[C@@H]2CCCC[C@@H]21. The number of nitrogens with one attached hydrogen (secondary N) is 3. The fourth-order valence-electron chi connectivity index (χ4n) is 4.61. The highest BCUT2D eigenvalue weighted by molar-refractivity contribution is 5.88. The highest BCUT2D eigenvalue weighted by Crippen LogP contribution is 2.36. The molecule has 7 heteroatoms. The van der Waals surface area contributed by atoms with E-state index in [1.54, 1.807) is 0 Å². The van der Waals surface area contributed by atoms with Crippen molar-refractivity contribution in [1.82, 2.24) is 16.0 Å². The summed E-state index contributed by atoms with van der Waals surface area (Å²) < 4.78 is 4.85. The molecule has 5 atom stereocenters. The zero-order valence-electron chi connectivity index (χ0n) is 14.9. The lowest BCUT2D eigenvalue weighted by molar-refractivity contribution is -0.146. The molecule has 3 aliphatic rings. The topological polar surface area (TPSA) is 96.5 Å². The van der Waals surface area contributed by atoms with Gasteiger partial charge in [-0.15, -0.1) is 0 Å². The molecule has 2 saturated heterocycles. The lowest BCUT2D eigenvalue weighted by atomic mass is 9.78. The first-order valence-electron chi connectivity index (χ1n) is 9.49. The standard InChI is InChI=1S/C18H29N3O4/c1-25-18(24)14(9-11-6-4-8-19-16(11)22)21-17(23)15-13-7-3-2-5-12(13)10-20-15/h11-15,20H,2-10H2,1H3,(H,19,22)(H,21,23)/t11-,12-,13-,14?,15-/m0/s1. The van der Waals surface area contributed by atoms with Crippen molar-refractivity contribution >= 4 is 17.8 Å². The van der Waals surface area contributed by atoms with E-state index in [1.807, 2.05) is 0 Å². The van der Waals surface area contributed by atoms with Gasteiger partial charge in [-0.25, -0.2) is 4.79 Å². The van der Waals surface area contributed by atoms with Crippen LogP contribution in [0.15, 0.2) is 0 Å². The molecule has 0 radical (unpaired) electrons. The molecule has 2 aliphatic heterocycles. The van der Waals surface area contributed by atoms with Gasteiger partial charge in [-0.3, -0.25) is 9.59 Å². The van der Waals surface area contributed by atoms with Gasteiger partial charge in [0.15, 0.2) is 0 Å². The van der Waals surface area contributed by atoms with Gasteiger partial charge in [0.1, 0.15) is 6.04 Å². The van der Waals surface area contributed by atoms with Crippen molar-refractivity contribution in [3.05, 3.63) is 0 Å². The Balaban J connectivity index is 1.62. The second-order valence-corrected chi connectivity index (χ2v) is 7.54. The number of hydrogen-bond acceptors (Lipinski definition) is 5. The smallest absolute Gasteiger partial charge is 0.328 e. The molecule has 0 aromatic rings. The number of piperidine rings is 1.